The number of phenols is 1. The van der Waals surface area contributed by atoms with Gasteiger partial charge in [-0.1, -0.05) is 18.2 Å². The standard InChI is InChI=1S/C10H9NO.2ClH/c1-7-5-6-8-3-2-4-9(12)10(8)11-7;;/h2-6,12H,1H3;2*1H. The molecule has 4 heteroatoms. The van der Waals surface area contributed by atoms with E-state index in [0.717, 1.165) is 11.1 Å². The van der Waals surface area contributed by atoms with Crippen LogP contribution in [0.2, 0.25) is 0 Å². The maximum absolute atomic E-state index is 9.43. The van der Waals surface area contributed by atoms with Crippen molar-refractivity contribution in [3.05, 3.63) is 36.0 Å². The van der Waals surface area contributed by atoms with Crippen LogP contribution in [0.3, 0.4) is 0 Å². The van der Waals surface area contributed by atoms with Crippen LogP contribution in [0.1, 0.15) is 5.69 Å². The van der Waals surface area contributed by atoms with E-state index in [2.05, 4.69) is 4.98 Å². The van der Waals surface area contributed by atoms with E-state index in [0.29, 0.717) is 5.52 Å². The van der Waals surface area contributed by atoms with Crippen LogP contribution in [0, 0.1) is 6.92 Å². The molecule has 2 nitrogen and oxygen atoms in total. The van der Waals surface area contributed by atoms with E-state index in [1.165, 1.54) is 0 Å². The molecule has 1 N–H and O–H groups in total. The molecule has 0 aliphatic rings. The van der Waals surface area contributed by atoms with Gasteiger partial charge in [0, 0.05) is 11.1 Å². The number of benzene rings is 1. The van der Waals surface area contributed by atoms with Gasteiger partial charge in [0.25, 0.3) is 0 Å². The molecule has 2 aromatic rings. The molecule has 0 radical (unpaired) electrons. The second-order valence-electron chi connectivity index (χ2n) is 2.80. The minimum Gasteiger partial charge on any atom is -0.506 e. The average molecular weight is 232 g/mol. The summed E-state index contributed by atoms with van der Waals surface area (Å²) in [5, 5.41) is 10.4. The Balaban J connectivity index is 0.000000845. The number of nitrogens with zero attached hydrogens (tertiary/aromatic N) is 1. The topological polar surface area (TPSA) is 33.1 Å². The number of hydrogen-bond donors (Lipinski definition) is 1. The number of fused-ring (bicyclic) bond motifs is 1. The van der Waals surface area contributed by atoms with Gasteiger partial charge < -0.3 is 5.11 Å². The number of para-hydroxylation sites is 1. The lowest BCUT2D eigenvalue weighted by Crippen LogP contribution is -1.82. The molecule has 0 fully saturated rings. The van der Waals surface area contributed by atoms with Gasteiger partial charge in [-0.2, -0.15) is 0 Å². The number of hydrogen-bond acceptors (Lipinski definition) is 2. The highest BCUT2D eigenvalue weighted by Gasteiger charge is 1.98. The van der Waals surface area contributed by atoms with E-state index in [-0.39, 0.29) is 30.6 Å². The normalized spacial score (nSPS) is 8.93. The molecular weight excluding hydrogens is 221 g/mol. The summed E-state index contributed by atoms with van der Waals surface area (Å²) in [5.74, 6) is 0.246. The Kier molecular flexibility index (Phi) is 4.68. The zero-order valence-electron chi connectivity index (χ0n) is 7.60. The molecule has 0 saturated carbocycles. The Morgan fingerprint density at radius 2 is 1.79 bits per heavy atom. The minimum absolute atomic E-state index is 0. The van der Waals surface area contributed by atoms with E-state index in [1.54, 1.807) is 6.07 Å². The van der Waals surface area contributed by atoms with Crippen molar-refractivity contribution in [2.45, 2.75) is 6.92 Å². The summed E-state index contributed by atoms with van der Waals surface area (Å²) in [4.78, 5) is 4.23. The molecule has 0 amide bonds. The van der Waals surface area contributed by atoms with Gasteiger partial charge in [-0.25, -0.2) is 4.98 Å². The molecule has 76 valence electrons. The number of pyridine rings is 1. The minimum atomic E-state index is 0. The molecule has 0 aliphatic carbocycles. The molecule has 0 aliphatic heterocycles. The molecule has 0 unspecified atom stereocenters. The highest BCUT2D eigenvalue weighted by atomic mass is 35.5. The smallest absolute Gasteiger partial charge is 0.141 e. The van der Waals surface area contributed by atoms with Crippen LogP contribution in [0.4, 0.5) is 0 Å². The summed E-state index contributed by atoms with van der Waals surface area (Å²) < 4.78 is 0. The van der Waals surface area contributed by atoms with Crippen LogP contribution < -0.4 is 0 Å². The van der Waals surface area contributed by atoms with E-state index < -0.39 is 0 Å². The Bertz CT molecular complexity index is 431. The molecule has 1 aromatic carbocycles. The van der Waals surface area contributed by atoms with Gasteiger partial charge >= 0.3 is 0 Å². The van der Waals surface area contributed by atoms with Crippen LogP contribution in [0.25, 0.3) is 10.9 Å². The lowest BCUT2D eigenvalue weighted by Gasteiger charge is -1.99. The van der Waals surface area contributed by atoms with Crippen molar-refractivity contribution in [2.24, 2.45) is 0 Å². The summed E-state index contributed by atoms with van der Waals surface area (Å²) in [5.41, 5.74) is 1.60. The van der Waals surface area contributed by atoms with Gasteiger partial charge in [-0.05, 0) is 19.1 Å². The van der Waals surface area contributed by atoms with Crippen LogP contribution in [0.5, 0.6) is 5.75 Å². The number of rotatable bonds is 0. The van der Waals surface area contributed by atoms with Crippen molar-refractivity contribution in [1.82, 2.24) is 4.98 Å². The first-order valence-electron chi connectivity index (χ1n) is 3.83. The number of aryl methyl sites for hydroxylation is 1. The van der Waals surface area contributed by atoms with Gasteiger partial charge in [0.1, 0.15) is 11.3 Å². The van der Waals surface area contributed by atoms with Gasteiger partial charge in [-0.3, -0.25) is 0 Å². The fourth-order valence-electron chi connectivity index (χ4n) is 1.23. The zero-order chi connectivity index (χ0) is 8.55. The summed E-state index contributed by atoms with van der Waals surface area (Å²) >= 11 is 0. The molecule has 0 atom stereocenters. The van der Waals surface area contributed by atoms with Crippen LogP contribution in [-0.2, 0) is 0 Å². The maximum atomic E-state index is 9.43. The third kappa shape index (κ3) is 2.28. The Morgan fingerprint density at radius 3 is 2.50 bits per heavy atom. The SMILES string of the molecule is Cc1ccc2cccc(O)c2n1.Cl.Cl. The molecule has 2 rings (SSSR count). The fourth-order valence-corrected chi connectivity index (χ4v) is 1.23. The van der Waals surface area contributed by atoms with Crippen LogP contribution >= 0.6 is 24.8 Å². The second kappa shape index (κ2) is 5.03. The largest absolute Gasteiger partial charge is 0.506 e. The van der Waals surface area contributed by atoms with Gasteiger partial charge in [0.2, 0.25) is 0 Å². The number of aromatic hydroxyl groups is 1. The van der Waals surface area contributed by atoms with Crippen molar-refractivity contribution in [3.63, 3.8) is 0 Å². The maximum Gasteiger partial charge on any atom is 0.141 e. The van der Waals surface area contributed by atoms with E-state index in [1.807, 2.05) is 31.2 Å². The van der Waals surface area contributed by atoms with Gasteiger partial charge in [0.05, 0.1) is 0 Å². The Hall–Kier alpha value is -0.990. The van der Waals surface area contributed by atoms with E-state index in [9.17, 15) is 5.11 Å². The predicted octanol–water partition coefficient (Wildman–Crippen LogP) is 3.09. The third-order valence-corrected chi connectivity index (χ3v) is 1.84. The highest BCUT2D eigenvalue weighted by molar-refractivity contribution is 5.85. The molecule has 0 spiro atoms. The summed E-state index contributed by atoms with van der Waals surface area (Å²) in [6.07, 6.45) is 0. The van der Waals surface area contributed by atoms with Crippen molar-refractivity contribution < 1.29 is 5.11 Å². The Morgan fingerprint density at radius 1 is 1.07 bits per heavy atom. The number of aromatic nitrogens is 1. The monoisotopic (exact) mass is 231 g/mol. The quantitative estimate of drug-likeness (QED) is 0.757. The summed E-state index contributed by atoms with van der Waals surface area (Å²) in [7, 11) is 0. The van der Waals surface area contributed by atoms with Crippen molar-refractivity contribution in [2.75, 3.05) is 0 Å². The lowest BCUT2D eigenvalue weighted by molar-refractivity contribution is 0.480. The van der Waals surface area contributed by atoms with Gasteiger partial charge in [0.15, 0.2) is 0 Å². The van der Waals surface area contributed by atoms with Crippen molar-refractivity contribution in [3.8, 4) is 5.75 Å². The second-order valence-corrected chi connectivity index (χ2v) is 2.80. The Labute approximate surface area is 94.8 Å². The first kappa shape index (κ1) is 13.0. The number of halogens is 2. The van der Waals surface area contributed by atoms with Gasteiger partial charge in [-0.15, -0.1) is 24.8 Å². The molecule has 1 heterocycles. The first-order valence-corrected chi connectivity index (χ1v) is 3.83. The zero-order valence-corrected chi connectivity index (χ0v) is 9.23. The molecule has 0 bridgehead atoms. The lowest BCUT2D eigenvalue weighted by atomic mass is 10.2. The van der Waals surface area contributed by atoms with Crippen LogP contribution in [-0.4, -0.2) is 10.1 Å². The third-order valence-electron chi connectivity index (χ3n) is 1.84. The molecule has 14 heavy (non-hydrogen) atoms. The van der Waals surface area contributed by atoms with Crippen molar-refractivity contribution >= 4 is 35.7 Å². The predicted molar refractivity (Wildman–Crippen MR) is 62.6 cm³/mol. The summed E-state index contributed by atoms with van der Waals surface area (Å²) in [6.45, 7) is 1.91. The van der Waals surface area contributed by atoms with E-state index >= 15 is 0 Å². The first-order chi connectivity index (χ1) is 5.77. The van der Waals surface area contributed by atoms with Crippen LogP contribution in [0.15, 0.2) is 30.3 Å². The summed E-state index contributed by atoms with van der Waals surface area (Å²) in [6, 6.07) is 9.28. The number of phenolic OH excluding ortho intramolecular Hbond substituents is 1. The van der Waals surface area contributed by atoms with Crippen molar-refractivity contribution in [1.29, 1.82) is 0 Å². The molecule has 1 aromatic heterocycles. The molecular formula is C10H11Cl2NO. The highest BCUT2D eigenvalue weighted by Crippen LogP contribution is 2.21. The average Bonchev–Trinajstić information content (AvgIpc) is 2.07. The fraction of sp³-hybridized carbons (Fsp3) is 0.100. The molecule has 0 saturated heterocycles. The van der Waals surface area contributed by atoms with E-state index in [4.69, 9.17) is 0 Å².